The number of fused-ring (bicyclic) bond motifs is 1. The van der Waals surface area contributed by atoms with Crippen molar-refractivity contribution >= 4 is 53.0 Å². The number of β-amino-alcohol motifs (C(OH)–C–C–N with tert-alkyl or cyclic N) is 2. The van der Waals surface area contributed by atoms with Crippen LogP contribution in [0.1, 0.15) is 111 Å². The van der Waals surface area contributed by atoms with Crippen LogP contribution in [0.2, 0.25) is 0 Å². The van der Waals surface area contributed by atoms with Crippen LogP contribution < -0.4 is 20.2 Å². The lowest BCUT2D eigenvalue weighted by atomic mass is 9.90. The number of piperidine rings is 2. The zero-order chi connectivity index (χ0) is 96.4. The lowest BCUT2D eigenvalue weighted by Gasteiger charge is -2.42. The summed E-state index contributed by atoms with van der Waals surface area (Å²) in [5.41, 5.74) is -0.836. The van der Waals surface area contributed by atoms with Gasteiger partial charge < -0.3 is 159 Å². The second kappa shape index (κ2) is 46.9. The molecule has 1 amide bonds. The van der Waals surface area contributed by atoms with Gasteiger partial charge in [0, 0.05) is 55.3 Å². The predicted molar refractivity (Wildman–Crippen MR) is 467 cm³/mol. The third-order valence-electron chi connectivity index (χ3n) is 21.0. The smallest absolute Gasteiger partial charge is 0.408 e. The molecule has 0 aliphatic carbocycles. The number of hydrogen-bond acceptors (Lipinski definition) is 38. The Morgan fingerprint density at radius 3 is 1.38 bits per heavy atom. The van der Waals surface area contributed by atoms with E-state index in [1.807, 2.05) is 98.8 Å². The number of benzene rings is 9. The average molecular weight is 1850 g/mol. The van der Waals surface area contributed by atoms with Crippen molar-refractivity contribution in [2.75, 3.05) is 59.1 Å². The number of aldehydes is 1. The maximum Gasteiger partial charge on any atom is 0.408 e. The molecule has 4 unspecified atom stereocenters. The number of esters is 4. The number of phenolic OH excluding ortho intramolecular Hbond substituents is 16. The summed E-state index contributed by atoms with van der Waals surface area (Å²) < 4.78 is 48.9. The Balaban J connectivity index is 0.000000200. The molecule has 3 aliphatic heterocycles. The standard InChI is InChI=1S/C34H28O22.C23H27NO4.C22H36N2O4.C15H10O6/c35-14-1-10(2-15(36)23(14)43)30(48)52-9-22-28(54-31(49)11-3-16(37)24(44)17(38)4-11)27(47)29(55-32(50)12-5-18(39)25(45)19(40)6-12)34(53-22)56-33(51)13-7-20(41)26(46)21(42)8-13;1-17(2)22(24-23(27)28-16-19-11-7-4-8-12-19)21(26)14-20(15-25)13-18-9-5-3-6-10-18;25-19(15-23-10-3-1-4-11-23)17-27-21-8-7-9-22(14-21)28-18-20(26)16-24-12-5-2-6-13-24;16-8-4-11(19)15-12(20)6-13(21-14(15)5-8)7-1-2-9(17)10(18)3-7/h1-8,22,27-29,34-47H,9H2;3-12,15,17,20,22H,13-14,16H2,1-2H3,(H,24,27);7-9,14,19-20,25-26H,1-6,10-13,15-18H2;1-6,16-19H/t22?,27-,28+,29?,34-;20-,22+;;/m01../s1. The van der Waals surface area contributed by atoms with Crippen LogP contribution in [-0.2, 0) is 51.0 Å². The summed E-state index contributed by atoms with van der Waals surface area (Å²) >= 11 is 0. The second-order valence-electron chi connectivity index (χ2n) is 31.6. The molecule has 9 aromatic carbocycles. The van der Waals surface area contributed by atoms with Crippen LogP contribution in [-0.4, -0.2) is 257 Å². The molecule has 39 heteroatoms. The maximum absolute atomic E-state index is 13.3. The van der Waals surface area contributed by atoms with Gasteiger partial charge in [-0.3, -0.25) is 9.59 Å². The van der Waals surface area contributed by atoms with E-state index in [0.29, 0.717) is 85.1 Å². The van der Waals surface area contributed by atoms with E-state index in [-0.39, 0.29) is 77.7 Å². The predicted octanol–water partition coefficient (Wildman–Crippen LogP) is 9.08. The number of aliphatic hydroxyl groups is 3. The van der Waals surface area contributed by atoms with E-state index in [0.717, 1.165) is 55.7 Å². The molecule has 0 saturated carbocycles. The fraction of sp³-hybridized carbons (Fsp3) is 0.319. The van der Waals surface area contributed by atoms with Crippen molar-refractivity contribution in [2.45, 2.75) is 121 Å². The van der Waals surface area contributed by atoms with E-state index in [1.54, 1.807) is 0 Å². The molecule has 39 nitrogen and oxygen atoms in total. The number of carbonyl (C=O) groups excluding carboxylic acids is 7. The Labute approximate surface area is 757 Å². The number of carbonyl (C=O) groups is 7. The molecule has 13 rings (SSSR count). The van der Waals surface area contributed by atoms with Gasteiger partial charge in [-0.2, -0.15) is 0 Å². The number of aromatic hydroxyl groups is 16. The quantitative estimate of drug-likeness (QED) is 0.00863. The highest BCUT2D eigenvalue weighted by atomic mass is 16.7. The van der Waals surface area contributed by atoms with Gasteiger partial charge in [0.15, 0.2) is 104 Å². The SMILES string of the molecule is CC(C)[C@H](NC(=O)OCc1ccccc1)C(=O)C[C@H](C=O)Cc1ccccc1.O=C(OCC1O[C@@H](OC(=O)c2cc(O)c(O)c(O)c2)C(OC(=O)c2cc(O)c(O)c(O)c2)[C@@H](O)[C@@H]1OC(=O)c1cc(O)c(O)c(O)c1)c1cc(O)c(O)c(O)c1.O=c1cc(-c2ccc(O)c(O)c2)oc2cc(O)cc(O)c12.OC(COc1cccc(OCC(O)CN2CCCCC2)c1)CN1CCCCC1. The molecule has 0 spiro atoms. The molecule has 3 fully saturated rings. The lowest BCUT2D eigenvalue weighted by Crippen LogP contribution is -2.62. The van der Waals surface area contributed by atoms with Crippen LogP contribution in [0.15, 0.2) is 179 Å². The highest BCUT2D eigenvalue weighted by Gasteiger charge is 2.52. The van der Waals surface area contributed by atoms with E-state index in [9.17, 15) is 135 Å². The zero-order valence-corrected chi connectivity index (χ0v) is 71.6. The molecule has 10 aromatic rings. The van der Waals surface area contributed by atoms with Crippen molar-refractivity contribution in [3.8, 4) is 115 Å². The first-order chi connectivity index (χ1) is 63.4. The molecule has 0 bridgehead atoms. The Hall–Kier alpha value is -15.2. The molecule has 20 N–H and O–H groups in total. The number of likely N-dealkylation sites (tertiary alicyclic amines) is 2. The van der Waals surface area contributed by atoms with Crippen molar-refractivity contribution in [1.29, 1.82) is 0 Å². The Morgan fingerprint density at radius 1 is 0.474 bits per heavy atom. The molecule has 708 valence electrons. The first-order valence-corrected chi connectivity index (χ1v) is 41.7. The number of ketones is 1. The van der Waals surface area contributed by atoms with E-state index < -0.39 is 188 Å². The Kier molecular flexibility index (Phi) is 35.3. The summed E-state index contributed by atoms with van der Waals surface area (Å²) in [5.74, 6) is -18.4. The lowest BCUT2D eigenvalue weighted by molar-refractivity contribution is -0.283. The minimum absolute atomic E-state index is 0.0163. The van der Waals surface area contributed by atoms with Crippen LogP contribution in [0, 0.1) is 11.8 Å². The van der Waals surface area contributed by atoms with E-state index in [1.165, 1.54) is 62.8 Å². The molecular formula is C94H101N3O36. The van der Waals surface area contributed by atoms with Gasteiger partial charge in [-0.1, -0.05) is 93.4 Å². The number of Topliss-reactive ketones (excluding diaryl/α,β-unsaturated/α-hetero) is 1. The molecular weight excluding hydrogens is 1750 g/mol. The third kappa shape index (κ3) is 28.2. The number of ether oxygens (including phenoxy) is 8. The van der Waals surface area contributed by atoms with Crippen LogP contribution >= 0.6 is 0 Å². The summed E-state index contributed by atoms with van der Waals surface area (Å²) in [4.78, 5) is 106. The number of aliphatic hydroxyl groups excluding tert-OH is 3. The van der Waals surface area contributed by atoms with Crippen molar-refractivity contribution < 1.29 is 173 Å². The summed E-state index contributed by atoms with van der Waals surface area (Å²) in [5, 5.41) is 190. The van der Waals surface area contributed by atoms with Gasteiger partial charge in [-0.05, 0) is 154 Å². The minimum atomic E-state index is -2.40. The second-order valence-corrected chi connectivity index (χ2v) is 31.6. The van der Waals surface area contributed by atoms with Gasteiger partial charge in [-0.25, -0.2) is 24.0 Å². The first kappa shape index (κ1) is 100.0. The fourth-order valence-electron chi connectivity index (χ4n) is 14.2. The van der Waals surface area contributed by atoms with Crippen molar-refractivity contribution in [1.82, 2.24) is 15.1 Å². The monoisotopic (exact) mass is 1850 g/mol. The molecule has 1 aromatic heterocycles. The fourth-order valence-corrected chi connectivity index (χ4v) is 14.2. The van der Waals surface area contributed by atoms with Gasteiger partial charge in [0.05, 0.1) is 28.3 Å². The molecule has 3 aliphatic rings. The van der Waals surface area contributed by atoms with Gasteiger partial charge in [0.25, 0.3) is 0 Å². The summed E-state index contributed by atoms with van der Waals surface area (Å²) in [7, 11) is 0. The Bertz CT molecular complexity index is 5620. The van der Waals surface area contributed by atoms with Gasteiger partial charge in [-0.15, -0.1) is 0 Å². The first-order valence-electron chi connectivity index (χ1n) is 41.7. The van der Waals surface area contributed by atoms with Gasteiger partial charge >= 0.3 is 30.0 Å². The van der Waals surface area contributed by atoms with E-state index >= 15 is 0 Å². The van der Waals surface area contributed by atoms with E-state index in [4.69, 9.17) is 42.3 Å². The molecule has 133 heavy (non-hydrogen) atoms. The third-order valence-corrected chi connectivity index (χ3v) is 21.0. The molecule has 4 heterocycles. The normalized spacial score (nSPS) is 16.9. The summed E-state index contributed by atoms with van der Waals surface area (Å²) in [6.07, 6.45) is -3.92. The number of rotatable bonds is 30. The molecule has 9 atom stereocenters. The van der Waals surface area contributed by atoms with Crippen molar-refractivity contribution in [3.63, 3.8) is 0 Å². The number of hydrogen-bond donors (Lipinski definition) is 20. The van der Waals surface area contributed by atoms with Crippen LogP contribution in [0.5, 0.6) is 103 Å². The highest BCUT2D eigenvalue weighted by Crippen LogP contribution is 2.42. The van der Waals surface area contributed by atoms with Gasteiger partial charge in [0.1, 0.15) is 96.9 Å². The number of phenols is 16. The topological polar surface area (TPSA) is 626 Å². The minimum Gasteiger partial charge on any atom is -0.508 e. The van der Waals surface area contributed by atoms with Crippen LogP contribution in [0.4, 0.5) is 4.79 Å². The average Bonchev–Trinajstić information content (AvgIpc) is 0.778. The Morgan fingerprint density at radius 2 is 0.925 bits per heavy atom. The van der Waals surface area contributed by atoms with Gasteiger partial charge in [0.2, 0.25) is 6.29 Å². The van der Waals surface area contributed by atoms with Crippen molar-refractivity contribution in [3.05, 3.63) is 213 Å². The van der Waals surface area contributed by atoms with Crippen molar-refractivity contribution in [2.24, 2.45) is 11.8 Å². The highest BCUT2D eigenvalue weighted by molar-refractivity contribution is 5.94. The maximum atomic E-state index is 13.3. The summed E-state index contributed by atoms with van der Waals surface area (Å²) in [6.45, 7) is 8.92. The molecule has 0 radical (unpaired) electrons. The number of nitrogens with one attached hydrogen (secondary N) is 1. The van der Waals surface area contributed by atoms with Crippen LogP contribution in [0.3, 0.4) is 0 Å². The zero-order valence-electron chi connectivity index (χ0n) is 71.6. The summed E-state index contributed by atoms with van der Waals surface area (Å²) in [6, 6.07) is 38.1. The number of amides is 1. The van der Waals surface area contributed by atoms with Crippen LogP contribution in [0.25, 0.3) is 22.3 Å². The molecule has 3 saturated heterocycles. The van der Waals surface area contributed by atoms with E-state index in [2.05, 4.69) is 15.1 Å². The number of alkyl carbamates (subject to hydrolysis) is 1. The number of nitrogens with zero attached hydrogens (tertiary/aromatic N) is 2. The largest absolute Gasteiger partial charge is 0.508 e.